The Hall–Kier alpha value is -3.34. The lowest BCUT2D eigenvalue weighted by molar-refractivity contribution is -0.136. The van der Waals surface area contributed by atoms with Crippen molar-refractivity contribution in [2.75, 3.05) is 5.32 Å². The van der Waals surface area contributed by atoms with Crippen molar-refractivity contribution < 1.29 is 19.1 Å². The quantitative estimate of drug-likeness (QED) is 0.649. The molecule has 0 saturated heterocycles. The monoisotopic (exact) mass is 363 g/mol. The van der Waals surface area contributed by atoms with Crippen LogP contribution in [0, 0.1) is 0 Å². The van der Waals surface area contributed by atoms with Gasteiger partial charge in [0.25, 0.3) is 5.91 Å². The van der Waals surface area contributed by atoms with E-state index in [9.17, 15) is 9.59 Å². The second-order valence-corrected chi connectivity index (χ2v) is 6.67. The number of amides is 1. The van der Waals surface area contributed by atoms with Gasteiger partial charge in [-0.25, -0.2) is 0 Å². The van der Waals surface area contributed by atoms with Gasteiger partial charge in [0.1, 0.15) is 5.76 Å². The molecule has 5 heteroatoms. The molecular weight excluding hydrogens is 342 g/mol. The Balaban J connectivity index is 1.72. The number of furan rings is 1. The molecule has 138 valence electrons. The summed E-state index contributed by atoms with van der Waals surface area (Å²) in [7, 11) is 0. The molecule has 0 aliphatic carbocycles. The Kier molecular flexibility index (Phi) is 5.41. The standard InChI is InChI=1S/C22H21NO4/c1-14(2)16-6-8-17(9-7-16)19-10-11-20(27-19)22(26)23-18-5-3-4-15(12-18)13-21(24)25/h3-12,14H,13H2,1-2H3,(H,23,26)(H,24,25). The smallest absolute Gasteiger partial charge is 0.307 e. The number of rotatable bonds is 6. The number of carbonyl (C=O) groups excluding carboxylic acids is 1. The molecule has 27 heavy (non-hydrogen) atoms. The summed E-state index contributed by atoms with van der Waals surface area (Å²) in [5.74, 6) is -0.0318. The van der Waals surface area contributed by atoms with Gasteiger partial charge in [0.15, 0.2) is 5.76 Å². The highest BCUT2D eigenvalue weighted by atomic mass is 16.4. The van der Waals surface area contributed by atoms with Crippen molar-refractivity contribution in [2.45, 2.75) is 26.2 Å². The summed E-state index contributed by atoms with van der Waals surface area (Å²) in [6.07, 6.45) is -0.0962. The van der Waals surface area contributed by atoms with Gasteiger partial charge in [-0.05, 0) is 41.3 Å². The zero-order valence-corrected chi connectivity index (χ0v) is 15.2. The average molecular weight is 363 g/mol. The molecule has 0 aliphatic heterocycles. The minimum atomic E-state index is -0.919. The van der Waals surface area contributed by atoms with Crippen molar-refractivity contribution in [2.24, 2.45) is 0 Å². The fourth-order valence-electron chi connectivity index (χ4n) is 2.77. The van der Waals surface area contributed by atoms with Gasteiger partial charge in [-0.3, -0.25) is 9.59 Å². The van der Waals surface area contributed by atoms with Crippen LogP contribution in [0.1, 0.15) is 41.4 Å². The average Bonchev–Trinajstić information content (AvgIpc) is 3.12. The van der Waals surface area contributed by atoms with E-state index in [-0.39, 0.29) is 18.1 Å². The number of hydrogen-bond acceptors (Lipinski definition) is 3. The van der Waals surface area contributed by atoms with Crippen LogP contribution in [-0.2, 0) is 11.2 Å². The molecule has 0 bridgehead atoms. The van der Waals surface area contributed by atoms with Crippen molar-refractivity contribution in [1.29, 1.82) is 0 Å². The summed E-state index contributed by atoms with van der Waals surface area (Å²) in [4.78, 5) is 23.2. The van der Waals surface area contributed by atoms with Crippen LogP contribution in [-0.4, -0.2) is 17.0 Å². The van der Waals surface area contributed by atoms with Crippen molar-refractivity contribution in [3.63, 3.8) is 0 Å². The predicted octanol–water partition coefficient (Wildman–Crippen LogP) is 4.95. The summed E-state index contributed by atoms with van der Waals surface area (Å²) in [5, 5.41) is 11.6. The molecule has 0 spiro atoms. The summed E-state index contributed by atoms with van der Waals surface area (Å²) in [6, 6.07) is 18.2. The van der Waals surface area contributed by atoms with Crippen LogP contribution in [0.2, 0.25) is 0 Å². The Morgan fingerprint density at radius 1 is 1.04 bits per heavy atom. The van der Waals surface area contributed by atoms with Gasteiger partial charge in [0.05, 0.1) is 6.42 Å². The first-order chi connectivity index (χ1) is 12.9. The Morgan fingerprint density at radius 2 is 1.78 bits per heavy atom. The molecule has 0 atom stereocenters. The lowest BCUT2D eigenvalue weighted by Gasteiger charge is -2.06. The summed E-state index contributed by atoms with van der Waals surface area (Å²) < 4.78 is 5.69. The number of aliphatic carboxylic acids is 1. The third-order valence-electron chi connectivity index (χ3n) is 4.23. The van der Waals surface area contributed by atoms with E-state index in [1.54, 1.807) is 36.4 Å². The third-order valence-corrected chi connectivity index (χ3v) is 4.23. The number of carboxylic acids is 1. The lowest BCUT2D eigenvalue weighted by Crippen LogP contribution is -2.11. The zero-order valence-electron chi connectivity index (χ0n) is 15.2. The van der Waals surface area contributed by atoms with Crippen molar-refractivity contribution in [3.05, 3.63) is 77.6 Å². The fraction of sp³-hybridized carbons (Fsp3) is 0.182. The van der Waals surface area contributed by atoms with Crippen molar-refractivity contribution >= 4 is 17.6 Å². The molecule has 0 aliphatic rings. The third kappa shape index (κ3) is 4.64. The van der Waals surface area contributed by atoms with E-state index in [0.717, 1.165) is 5.56 Å². The number of hydrogen-bond donors (Lipinski definition) is 2. The lowest BCUT2D eigenvalue weighted by atomic mass is 10.0. The van der Waals surface area contributed by atoms with Gasteiger partial charge in [0.2, 0.25) is 0 Å². The van der Waals surface area contributed by atoms with Crippen molar-refractivity contribution in [1.82, 2.24) is 0 Å². The first kappa shape index (κ1) is 18.5. The van der Waals surface area contributed by atoms with E-state index in [2.05, 4.69) is 31.3 Å². The molecule has 1 heterocycles. The first-order valence-electron chi connectivity index (χ1n) is 8.74. The van der Waals surface area contributed by atoms with E-state index >= 15 is 0 Å². The van der Waals surface area contributed by atoms with E-state index in [4.69, 9.17) is 9.52 Å². The first-order valence-corrected chi connectivity index (χ1v) is 8.74. The van der Waals surface area contributed by atoms with Crippen LogP contribution in [0.3, 0.4) is 0 Å². The van der Waals surface area contributed by atoms with Crippen molar-refractivity contribution in [3.8, 4) is 11.3 Å². The zero-order chi connectivity index (χ0) is 19.4. The van der Waals surface area contributed by atoms with Crippen LogP contribution >= 0.6 is 0 Å². The van der Waals surface area contributed by atoms with Gasteiger partial charge >= 0.3 is 5.97 Å². The molecular formula is C22H21NO4. The molecule has 5 nitrogen and oxygen atoms in total. The predicted molar refractivity (Wildman–Crippen MR) is 104 cm³/mol. The van der Waals surface area contributed by atoms with Gasteiger partial charge in [-0.15, -0.1) is 0 Å². The number of nitrogens with one attached hydrogen (secondary N) is 1. The molecule has 2 N–H and O–H groups in total. The maximum atomic E-state index is 12.4. The highest BCUT2D eigenvalue weighted by Crippen LogP contribution is 2.25. The largest absolute Gasteiger partial charge is 0.481 e. The molecule has 3 aromatic rings. The van der Waals surface area contributed by atoms with Gasteiger partial charge < -0.3 is 14.8 Å². The molecule has 0 fully saturated rings. The molecule has 1 amide bonds. The fourth-order valence-corrected chi connectivity index (χ4v) is 2.77. The van der Waals surface area contributed by atoms with Crippen LogP contribution in [0.15, 0.2) is 65.1 Å². The number of anilines is 1. The number of benzene rings is 2. The highest BCUT2D eigenvalue weighted by Gasteiger charge is 2.13. The molecule has 3 rings (SSSR count). The van der Waals surface area contributed by atoms with Crippen LogP contribution in [0.4, 0.5) is 5.69 Å². The topological polar surface area (TPSA) is 79.5 Å². The molecule has 0 unspecified atom stereocenters. The number of carbonyl (C=O) groups is 2. The molecule has 0 radical (unpaired) electrons. The van der Waals surface area contributed by atoms with Gasteiger partial charge in [0, 0.05) is 11.3 Å². The normalized spacial score (nSPS) is 10.8. The van der Waals surface area contributed by atoms with Crippen LogP contribution in [0.25, 0.3) is 11.3 Å². The minimum absolute atomic E-state index is 0.0962. The summed E-state index contributed by atoms with van der Waals surface area (Å²) in [5.41, 5.74) is 3.29. The molecule has 1 aromatic heterocycles. The van der Waals surface area contributed by atoms with E-state index in [0.29, 0.717) is 22.9 Å². The molecule has 2 aromatic carbocycles. The minimum Gasteiger partial charge on any atom is -0.481 e. The maximum absolute atomic E-state index is 12.4. The van der Waals surface area contributed by atoms with Gasteiger partial charge in [-0.1, -0.05) is 50.2 Å². The highest BCUT2D eigenvalue weighted by molar-refractivity contribution is 6.02. The van der Waals surface area contributed by atoms with Crippen LogP contribution in [0.5, 0.6) is 0 Å². The number of carboxylic acid groups (broad SMARTS) is 1. The summed E-state index contributed by atoms with van der Waals surface area (Å²) >= 11 is 0. The SMILES string of the molecule is CC(C)c1ccc(-c2ccc(C(=O)Nc3cccc(CC(=O)O)c3)o2)cc1. The molecule has 0 saturated carbocycles. The maximum Gasteiger partial charge on any atom is 0.307 e. The summed E-state index contributed by atoms with van der Waals surface area (Å²) in [6.45, 7) is 4.27. The Morgan fingerprint density at radius 3 is 2.44 bits per heavy atom. The van der Waals surface area contributed by atoms with Crippen LogP contribution < -0.4 is 5.32 Å². The van der Waals surface area contributed by atoms with E-state index in [1.165, 1.54) is 5.56 Å². The Labute approximate surface area is 157 Å². The van der Waals surface area contributed by atoms with E-state index in [1.807, 2.05) is 12.1 Å². The Bertz CT molecular complexity index is 954. The van der Waals surface area contributed by atoms with E-state index < -0.39 is 5.97 Å². The van der Waals surface area contributed by atoms with Gasteiger partial charge in [-0.2, -0.15) is 0 Å². The second kappa shape index (κ2) is 7.91. The second-order valence-electron chi connectivity index (χ2n) is 6.67.